The second-order valence-electron chi connectivity index (χ2n) is 16.4. The summed E-state index contributed by atoms with van der Waals surface area (Å²) in [6.07, 6.45) is -0.967. The van der Waals surface area contributed by atoms with Crippen molar-refractivity contribution in [2.24, 2.45) is 40.9 Å². The smallest absolute Gasteiger partial charge is 0.394 e. The number of aliphatic hydroxyl groups is 1. The van der Waals surface area contributed by atoms with E-state index < -0.39 is 11.6 Å². The van der Waals surface area contributed by atoms with Gasteiger partial charge in [0.2, 0.25) is 0 Å². The molecule has 0 unspecified atom stereocenters. The normalized spacial score (nSPS) is 12.9. The summed E-state index contributed by atoms with van der Waals surface area (Å²) >= 11 is 1.46. The second-order valence-corrected chi connectivity index (χ2v) is 17.6. The zero-order chi connectivity index (χ0) is 38.9. The molecule has 0 fully saturated rings. The molecular formula is C45H55F3IrNO2S-. The van der Waals surface area contributed by atoms with E-state index in [0.717, 1.165) is 58.9 Å². The Morgan fingerprint density at radius 1 is 0.811 bits per heavy atom. The molecule has 3 nitrogen and oxygen atoms in total. The van der Waals surface area contributed by atoms with Crippen molar-refractivity contribution in [2.75, 3.05) is 0 Å². The van der Waals surface area contributed by atoms with Gasteiger partial charge >= 0.3 is 6.18 Å². The summed E-state index contributed by atoms with van der Waals surface area (Å²) in [4.78, 5) is 17.8. The summed E-state index contributed by atoms with van der Waals surface area (Å²) in [5.41, 5.74) is 2.32. The number of rotatable bonds is 10. The fourth-order valence-electron chi connectivity index (χ4n) is 7.70. The van der Waals surface area contributed by atoms with Crippen LogP contribution in [0.25, 0.3) is 42.9 Å². The number of thiophene rings is 1. The summed E-state index contributed by atoms with van der Waals surface area (Å²) in [5.74, 6) is 1.63. The first-order chi connectivity index (χ1) is 24.1. The van der Waals surface area contributed by atoms with Crippen LogP contribution in [-0.2, 0) is 31.3 Å². The largest absolute Gasteiger partial charge is 0.512 e. The van der Waals surface area contributed by atoms with E-state index in [1.165, 1.54) is 31.3 Å². The number of nitrogens with zero attached hydrogens (tertiary/aromatic N) is 1. The van der Waals surface area contributed by atoms with Crippen molar-refractivity contribution in [2.45, 2.75) is 95.7 Å². The second kappa shape index (κ2) is 17.6. The van der Waals surface area contributed by atoms with Gasteiger partial charge in [0.25, 0.3) is 0 Å². The zero-order valence-corrected chi connectivity index (χ0v) is 36.3. The molecule has 1 radical (unpaired) electrons. The molecule has 0 atom stereocenters. The fraction of sp³-hybridized carbons (Fsp3) is 0.467. The Morgan fingerprint density at radius 3 is 1.91 bits per heavy atom. The van der Waals surface area contributed by atoms with E-state index in [2.05, 4.69) is 104 Å². The average Bonchev–Trinajstić information content (AvgIpc) is 3.41. The quantitative estimate of drug-likeness (QED) is 0.0657. The van der Waals surface area contributed by atoms with Gasteiger partial charge in [-0.2, -0.15) is 13.2 Å². The molecule has 0 bridgehead atoms. The molecule has 0 aliphatic carbocycles. The molecule has 53 heavy (non-hydrogen) atoms. The SMILES string of the molecule is CC(C)C(C(=O)/C=C(\O)C(C(C)C)C(C)C)C(C)C.Cc1[c-]c(-c2nccc3c2ccc2c3ccc3cc(CC(C)(C)C(F)(F)F)sc32)cc(C)c1.[Ir]. The van der Waals surface area contributed by atoms with Crippen LogP contribution in [0.1, 0.15) is 85.2 Å². The number of allylic oxidation sites excluding steroid dienone is 2. The molecule has 3 aromatic carbocycles. The Hall–Kier alpha value is -3.06. The molecule has 1 N–H and O–H groups in total. The molecule has 0 aliphatic rings. The van der Waals surface area contributed by atoms with E-state index in [-0.39, 0.29) is 49.9 Å². The van der Waals surface area contributed by atoms with Crippen LogP contribution in [0.2, 0.25) is 0 Å². The van der Waals surface area contributed by atoms with Gasteiger partial charge in [0.05, 0.1) is 11.2 Å². The average molecular weight is 923 g/mol. The summed E-state index contributed by atoms with van der Waals surface area (Å²) in [7, 11) is 0. The number of aliphatic hydroxyl groups excluding tert-OH is 1. The van der Waals surface area contributed by atoms with Crippen molar-refractivity contribution in [3.8, 4) is 11.3 Å². The van der Waals surface area contributed by atoms with E-state index in [0.29, 0.717) is 23.7 Å². The van der Waals surface area contributed by atoms with Gasteiger partial charge in [0, 0.05) is 59.2 Å². The van der Waals surface area contributed by atoms with Crippen molar-refractivity contribution in [3.05, 3.63) is 88.6 Å². The summed E-state index contributed by atoms with van der Waals surface area (Å²) in [5, 5.41) is 15.5. The number of halogens is 3. The van der Waals surface area contributed by atoms with Crippen LogP contribution in [0.4, 0.5) is 13.2 Å². The summed E-state index contributed by atoms with van der Waals surface area (Å²) < 4.78 is 41.3. The standard InChI is InChI=1S/C28H23F3NS.C17H32O2.Ir/c1-16-11-17(2)13-19(12-16)25-23-7-8-24-21(22(23)9-10-32-25)6-5-18-14-20(33-26(18)24)15-27(3,4)28(29,30)31;1-10(2)16(11(3)4)14(18)9-15(19)17(12(5)6)13(7)8;/h5-12,14H,15H2,1-4H3;9-13,16-18H,1-8H3;/q-1;;/b;14-9-;. The number of carbonyl (C=O) groups is 1. The van der Waals surface area contributed by atoms with Crippen molar-refractivity contribution in [1.29, 1.82) is 0 Å². The van der Waals surface area contributed by atoms with Crippen molar-refractivity contribution in [3.63, 3.8) is 0 Å². The number of aryl methyl sites for hydroxylation is 2. The first-order valence-electron chi connectivity index (χ1n) is 18.4. The van der Waals surface area contributed by atoms with Crippen LogP contribution >= 0.6 is 11.3 Å². The number of benzene rings is 3. The van der Waals surface area contributed by atoms with E-state index in [1.54, 1.807) is 0 Å². The third kappa shape index (κ3) is 10.2. The number of fused-ring (bicyclic) bond motifs is 5. The minimum atomic E-state index is -4.24. The zero-order valence-electron chi connectivity index (χ0n) is 33.1. The topological polar surface area (TPSA) is 50.2 Å². The number of alkyl halides is 3. The Bertz CT molecular complexity index is 2040. The number of hydrogen-bond donors (Lipinski definition) is 1. The Labute approximate surface area is 331 Å². The molecule has 0 aliphatic heterocycles. The van der Waals surface area contributed by atoms with Crippen LogP contribution in [0.15, 0.2) is 66.6 Å². The maximum atomic E-state index is 13.4. The molecular weight excluding hydrogens is 868 g/mol. The van der Waals surface area contributed by atoms with Crippen molar-refractivity contribution < 1.29 is 43.2 Å². The maximum Gasteiger partial charge on any atom is 0.394 e. The first kappa shape index (κ1) is 44.3. The molecule has 5 rings (SSSR count). The first-order valence-corrected chi connectivity index (χ1v) is 19.2. The predicted molar refractivity (Wildman–Crippen MR) is 214 cm³/mol. The minimum Gasteiger partial charge on any atom is -0.512 e. The summed E-state index contributed by atoms with van der Waals surface area (Å²) in [6, 6.07) is 19.7. The number of carbonyl (C=O) groups excluding carboxylic acids is 1. The van der Waals surface area contributed by atoms with E-state index in [9.17, 15) is 23.1 Å². The Balaban J connectivity index is 0.000000327. The van der Waals surface area contributed by atoms with Crippen LogP contribution in [-0.4, -0.2) is 22.1 Å². The molecule has 0 amide bonds. The van der Waals surface area contributed by atoms with E-state index in [4.69, 9.17) is 0 Å². The molecule has 5 aromatic rings. The molecule has 2 heterocycles. The number of aromatic nitrogens is 1. The van der Waals surface area contributed by atoms with Crippen molar-refractivity contribution in [1.82, 2.24) is 4.98 Å². The minimum absolute atomic E-state index is 0. The van der Waals surface area contributed by atoms with Gasteiger partial charge in [-0.15, -0.1) is 46.2 Å². The van der Waals surface area contributed by atoms with Gasteiger partial charge in [-0.1, -0.05) is 107 Å². The number of pyridine rings is 1. The Morgan fingerprint density at radius 2 is 1.36 bits per heavy atom. The van der Waals surface area contributed by atoms with Crippen LogP contribution < -0.4 is 0 Å². The van der Waals surface area contributed by atoms with Gasteiger partial charge in [0.15, 0.2) is 5.78 Å². The number of ketones is 1. The molecule has 0 spiro atoms. The maximum absolute atomic E-state index is 13.4. The third-order valence-corrected chi connectivity index (χ3v) is 11.3. The Kier molecular flexibility index (Phi) is 14.7. The molecule has 0 saturated heterocycles. The van der Waals surface area contributed by atoms with E-state index >= 15 is 0 Å². The molecule has 8 heteroatoms. The van der Waals surface area contributed by atoms with Gasteiger partial charge in [0.1, 0.15) is 0 Å². The number of hydrogen-bond acceptors (Lipinski definition) is 4. The molecule has 2 aromatic heterocycles. The van der Waals surface area contributed by atoms with Gasteiger partial charge in [-0.05, 0) is 69.5 Å². The molecule has 289 valence electrons. The van der Waals surface area contributed by atoms with E-state index in [1.807, 2.05) is 31.3 Å². The van der Waals surface area contributed by atoms with Crippen molar-refractivity contribution >= 4 is 48.8 Å². The predicted octanol–water partition coefficient (Wildman–Crippen LogP) is 13.7. The van der Waals surface area contributed by atoms with Crippen LogP contribution in [0.5, 0.6) is 0 Å². The third-order valence-electron chi connectivity index (χ3n) is 10.1. The van der Waals surface area contributed by atoms with Crippen LogP contribution in [0, 0.1) is 60.8 Å². The summed E-state index contributed by atoms with van der Waals surface area (Å²) in [6.45, 7) is 23.2. The van der Waals surface area contributed by atoms with Gasteiger partial charge in [-0.3, -0.25) is 4.79 Å². The molecule has 0 saturated carbocycles. The monoisotopic (exact) mass is 923 g/mol. The van der Waals surface area contributed by atoms with Gasteiger partial charge in [-0.25, -0.2) is 0 Å². The van der Waals surface area contributed by atoms with Crippen LogP contribution in [0.3, 0.4) is 0 Å². The fourth-order valence-corrected chi connectivity index (χ4v) is 9.11. The van der Waals surface area contributed by atoms with Gasteiger partial charge < -0.3 is 10.1 Å².